The van der Waals surface area contributed by atoms with Crippen LogP contribution in [-0.4, -0.2) is 41.3 Å². The van der Waals surface area contributed by atoms with E-state index in [1.807, 2.05) is 43.5 Å². The summed E-state index contributed by atoms with van der Waals surface area (Å²) in [6.07, 6.45) is 6.52. The van der Waals surface area contributed by atoms with Gasteiger partial charge in [-0.05, 0) is 61.5 Å². The van der Waals surface area contributed by atoms with E-state index in [0.29, 0.717) is 18.2 Å². The van der Waals surface area contributed by atoms with Crippen molar-refractivity contribution in [2.24, 2.45) is 5.92 Å². The summed E-state index contributed by atoms with van der Waals surface area (Å²) < 4.78 is 0. The molecule has 0 radical (unpaired) electrons. The lowest BCUT2D eigenvalue weighted by molar-refractivity contribution is -0.136. The minimum atomic E-state index is -0.602. The van der Waals surface area contributed by atoms with Gasteiger partial charge in [0.25, 0.3) is 0 Å². The third kappa shape index (κ3) is 5.63. The van der Waals surface area contributed by atoms with Crippen LogP contribution < -0.4 is 10.6 Å². The molecule has 2 aromatic rings. The van der Waals surface area contributed by atoms with Crippen LogP contribution in [0.3, 0.4) is 0 Å². The van der Waals surface area contributed by atoms with Gasteiger partial charge in [-0.25, -0.2) is 0 Å². The van der Waals surface area contributed by atoms with Gasteiger partial charge < -0.3 is 10.6 Å². The minimum Gasteiger partial charge on any atom is -0.348 e. The van der Waals surface area contributed by atoms with Crippen molar-refractivity contribution in [2.45, 2.75) is 32.7 Å². The number of piperidine rings is 1. The zero-order valence-corrected chi connectivity index (χ0v) is 16.4. The lowest BCUT2D eigenvalue weighted by Crippen LogP contribution is -2.41. The minimum absolute atomic E-state index is 0.407. The summed E-state index contributed by atoms with van der Waals surface area (Å²) in [5.74, 6) is -0.761. The number of anilines is 1. The maximum atomic E-state index is 12.2. The molecule has 0 bridgehead atoms. The Balaban J connectivity index is 1.40. The summed E-state index contributed by atoms with van der Waals surface area (Å²) in [5, 5.41) is 5.51. The summed E-state index contributed by atoms with van der Waals surface area (Å²) >= 11 is 0. The SMILES string of the molecule is CCc1ccccc1NC(=O)C(=O)NCC1CCN(Cc2cccnc2)CC1. The van der Waals surface area contributed by atoms with Crippen LogP contribution in [-0.2, 0) is 22.6 Å². The van der Waals surface area contributed by atoms with Crippen molar-refractivity contribution in [3.63, 3.8) is 0 Å². The van der Waals surface area contributed by atoms with E-state index < -0.39 is 11.8 Å². The molecule has 6 nitrogen and oxygen atoms in total. The van der Waals surface area contributed by atoms with Crippen molar-refractivity contribution in [3.05, 3.63) is 59.9 Å². The van der Waals surface area contributed by atoms with E-state index in [9.17, 15) is 9.59 Å². The molecule has 1 aliphatic rings. The molecule has 1 aliphatic heterocycles. The van der Waals surface area contributed by atoms with Crippen molar-refractivity contribution < 1.29 is 9.59 Å². The Morgan fingerprint density at radius 1 is 1.11 bits per heavy atom. The van der Waals surface area contributed by atoms with Crippen LogP contribution in [0.15, 0.2) is 48.8 Å². The average molecular weight is 380 g/mol. The molecule has 0 aliphatic carbocycles. The second kappa shape index (κ2) is 9.99. The second-order valence-electron chi connectivity index (χ2n) is 7.26. The molecule has 1 fully saturated rings. The molecule has 28 heavy (non-hydrogen) atoms. The maximum absolute atomic E-state index is 12.2. The van der Waals surface area contributed by atoms with Crippen LogP contribution in [0, 0.1) is 5.92 Å². The number of aryl methyl sites for hydroxylation is 1. The lowest BCUT2D eigenvalue weighted by atomic mass is 9.96. The van der Waals surface area contributed by atoms with E-state index >= 15 is 0 Å². The summed E-state index contributed by atoms with van der Waals surface area (Å²) in [7, 11) is 0. The molecular weight excluding hydrogens is 352 g/mol. The number of carbonyl (C=O) groups is 2. The molecule has 0 unspecified atom stereocenters. The van der Waals surface area contributed by atoms with Gasteiger partial charge in [-0.15, -0.1) is 0 Å². The first-order valence-corrected chi connectivity index (χ1v) is 9.94. The molecule has 1 aromatic heterocycles. The van der Waals surface area contributed by atoms with E-state index in [1.165, 1.54) is 5.56 Å². The molecule has 148 valence electrons. The quantitative estimate of drug-likeness (QED) is 0.756. The van der Waals surface area contributed by atoms with E-state index in [4.69, 9.17) is 0 Å². The molecule has 3 rings (SSSR count). The number of rotatable bonds is 6. The van der Waals surface area contributed by atoms with Gasteiger partial charge in [0.15, 0.2) is 0 Å². The van der Waals surface area contributed by atoms with Crippen LogP contribution in [0.5, 0.6) is 0 Å². The van der Waals surface area contributed by atoms with Gasteiger partial charge in [-0.1, -0.05) is 31.2 Å². The molecule has 0 atom stereocenters. The normalized spacial score (nSPS) is 15.2. The molecular formula is C22H28N4O2. The number of benzene rings is 1. The number of aromatic nitrogens is 1. The zero-order chi connectivity index (χ0) is 19.8. The molecule has 0 saturated carbocycles. The van der Waals surface area contributed by atoms with Crippen LogP contribution >= 0.6 is 0 Å². The van der Waals surface area contributed by atoms with Gasteiger partial charge in [-0.2, -0.15) is 0 Å². The number of carbonyl (C=O) groups excluding carboxylic acids is 2. The van der Waals surface area contributed by atoms with Crippen LogP contribution in [0.25, 0.3) is 0 Å². The summed E-state index contributed by atoms with van der Waals surface area (Å²) in [6.45, 7) is 5.46. The molecule has 1 saturated heterocycles. The van der Waals surface area contributed by atoms with Crippen molar-refractivity contribution in [1.29, 1.82) is 0 Å². The summed E-state index contributed by atoms with van der Waals surface area (Å²) in [5.41, 5.74) is 2.94. The van der Waals surface area contributed by atoms with E-state index in [1.54, 1.807) is 6.20 Å². The van der Waals surface area contributed by atoms with Crippen molar-refractivity contribution in [3.8, 4) is 0 Å². The fourth-order valence-corrected chi connectivity index (χ4v) is 3.55. The highest BCUT2D eigenvalue weighted by atomic mass is 16.2. The van der Waals surface area contributed by atoms with Gasteiger partial charge in [0.1, 0.15) is 0 Å². The van der Waals surface area contributed by atoms with Gasteiger partial charge in [0.05, 0.1) is 0 Å². The summed E-state index contributed by atoms with van der Waals surface area (Å²) in [4.78, 5) is 30.9. The first-order valence-electron chi connectivity index (χ1n) is 9.94. The van der Waals surface area contributed by atoms with Gasteiger partial charge >= 0.3 is 11.8 Å². The van der Waals surface area contributed by atoms with Gasteiger partial charge in [0, 0.05) is 31.2 Å². The predicted molar refractivity (Wildman–Crippen MR) is 110 cm³/mol. The van der Waals surface area contributed by atoms with Crippen molar-refractivity contribution >= 4 is 17.5 Å². The highest BCUT2D eigenvalue weighted by Gasteiger charge is 2.21. The molecule has 0 spiro atoms. The topological polar surface area (TPSA) is 74.3 Å². The third-order valence-electron chi connectivity index (χ3n) is 5.24. The Hall–Kier alpha value is -2.73. The number of para-hydroxylation sites is 1. The predicted octanol–water partition coefficient (Wildman–Crippen LogP) is 2.61. The van der Waals surface area contributed by atoms with E-state index in [-0.39, 0.29) is 0 Å². The molecule has 1 aromatic carbocycles. The number of nitrogens with zero attached hydrogens (tertiary/aromatic N) is 2. The number of hydrogen-bond acceptors (Lipinski definition) is 4. The Labute approximate surface area is 166 Å². The largest absolute Gasteiger partial charge is 0.348 e. The smallest absolute Gasteiger partial charge is 0.313 e. The third-order valence-corrected chi connectivity index (χ3v) is 5.24. The zero-order valence-electron chi connectivity index (χ0n) is 16.4. The van der Waals surface area contributed by atoms with E-state index in [2.05, 4.69) is 26.6 Å². The molecule has 2 N–H and O–H groups in total. The number of likely N-dealkylation sites (tertiary alicyclic amines) is 1. The maximum Gasteiger partial charge on any atom is 0.313 e. The molecule has 6 heteroatoms. The first-order chi connectivity index (χ1) is 13.7. The van der Waals surface area contributed by atoms with Crippen molar-refractivity contribution in [1.82, 2.24) is 15.2 Å². The Morgan fingerprint density at radius 2 is 1.89 bits per heavy atom. The Morgan fingerprint density at radius 3 is 2.61 bits per heavy atom. The average Bonchev–Trinajstić information content (AvgIpc) is 2.74. The second-order valence-corrected chi connectivity index (χ2v) is 7.26. The fraction of sp³-hybridized carbons (Fsp3) is 0.409. The van der Waals surface area contributed by atoms with Gasteiger partial charge in [0.2, 0.25) is 0 Å². The first kappa shape index (κ1) is 20.0. The number of hydrogen-bond donors (Lipinski definition) is 2. The number of pyridine rings is 1. The number of amides is 2. The Bertz CT molecular complexity index is 786. The highest BCUT2D eigenvalue weighted by molar-refractivity contribution is 6.39. The van der Waals surface area contributed by atoms with Gasteiger partial charge in [-0.3, -0.25) is 19.5 Å². The van der Waals surface area contributed by atoms with E-state index in [0.717, 1.165) is 44.5 Å². The highest BCUT2D eigenvalue weighted by Crippen LogP contribution is 2.18. The fourth-order valence-electron chi connectivity index (χ4n) is 3.55. The monoisotopic (exact) mass is 380 g/mol. The Kier molecular flexibility index (Phi) is 7.14. The van der Waals surface area contributed by atoms with Crippen LogP contribution in [0.2, 0.25) is 0 Å². The lowest BCUT2D eigenvalue weighted by Gasteiger charge is -2.31. The van der Waals surface area contributed by atoms with Crippen LogP contribution in [0.4, 0.5) is 5.69 Å². The molecule has 2 heterocycles. The number of nitrogens with one attached hydrogen (secondary N) is 2. The summed E-state index contributed by atoms with van der Waals surface area (Å²) in [6, 6.07) is 11.6. The molecule has 2 amide bonds. The standard InChI is InChI=1S/C22H28N4O2/c1-2-19-7-3-4-8-20(19)25-22(28)21(27)24-15-17-9-12-26(13-10-17)16-18-6-5-11-23-14-18/h3-8,11,14,17H,2,9-10,12-13,15-16H2,1H3,(H,24,27)(H,25,28). The van der Waals surface area contributed by atoms with Crippen LogP contribution in [0.1, 0.15) is 30.9 Å². The van der Waals surface area contributed by atoms with Crippen molar-refractivity contribution in [2.75, 3.05) is 25.0 Å².